The van der Waals surface area contributed by atoms with Gasteiger partial charge in [0.25, 0.3) is 0 Å². The largest absolute Gasteiger partial charge is 0.361 e. The Morgan fingerprint density at radius 3 is 1.85 bits per heavy atom. The van der Waals surface area contributed by atoms with Gasteiger partial charge in [-0.05, 0) is 11.1 Å². The third-order valence-corrected chi connectivity index (χ3v) is 4.44. The second-order valence-corrected chi connectivity index (χ2v) is 6.36. The Balaban J connectivity index is 1.81. The van der Waals surface area contributed by atoms with Gasteiger partial charge in [-0.2, -0.15) is 4.79 Å². The number of amides is 2. The van der Waals surface area contributed by atoms with Crippen LogP contribution >= 0.6 is 0 Å². The lowest BCUT2D eigenvalue weighted by atomic mass is 10.00. The monoisotopic (exact) mass is 348 g/mol. The topological polar surface area (TPSA) is 77.0 Å². The molecule has 132 valence electrons. The molecule has 2 amide bonds. The molecule has 1 fully saturated rings. The number of hydrogen-bond acceptors (Lipinski definition) is 2. The summed E-state index contributed by atoms with van der Waals surface area (Å²) in [6, 6.07) is 19.3. The van der Waals surface area contributed by atoms with Crippen LogP contribution in [0, 0.1) is 5.92 Å². The van der Waals surface area contributed by atoms with Crippen LogP contribution in [0.5, 0.6) is 0 Å². The molecule has 1 aliphatic heterocycles. The zero-order valence-electron chi connectivity index (χ0n) is 14.4. The van der Waals surface area contributed by atoms with Crippen LogP contribution in [0.1, 0.15) is 11.1 Å². The maximum Gasteiger partial charge on any atom is 0.323 e. The predicted molar refractivity (Wildman–Crippen MR) is 97.3 cm³/mol. The number of urea groups is 1. The molecule has 0 aromatic heterocycles. The van der Waals surface area contributed by atoms with Gasteiger partial charge in [-0.3, -0.25) is 4.79 Å². The van der Waals surface area contributed by atoms with E-state index in [-0.39, 0.29) is 11.8 Å². The van der Waals surface area contributed by atoms with E-state index < -0.39 is 5.92 Å². The Hall–Kier alpha value is -3.24. The van der Waals surface area contributed by atoms with E-state index in [0.717, 1.165) is 17.3 Å². The zero-order chi connectivity index (χ0) is 18.4. The minimum atomic E-state index is -0.420. The van der Waals surface area contributed by atoms with Gasteiger partial charge in [-0.15, -0.1) is 0 Å². The third-order valence-electron chi connectivity index (χ3n) is 4.44. The summed E-state index contributed by atoms with van der Waals surface area (Å²) in [5, 5.41) is 0. The quantitative estimate of drug-likeness (QED) is 0.457. The average molecular weight is 348 g/mol. The van der Waals surface area contributed by atoms with Gasteiger partial charge in [0, 0.05) is 26.2 Å². The van der Waals surface area contributed by atoms with Crippen LogP contribution in [-0.4, -0.2) is 45.7 Å². The van der Waals surface area contributed by atoms with Crippen LogP contribution in [0.4, 0.5) is 4.79 Å². The molecule has 0 saturated carbocycles. The summed E-state index contributed by atoms with van der Waals surface area (Å²) >= 11 is 0. The van der Waals surface area contributed by atoms with E-state index in [0.29, 0.717) is 26.2 Å². The highest BCUT2D eigenvalue weighted by molar-refractivity contribution is 6.26. The maximum atomic E-state index is 12.9. The van der Waals surface area contributed by atoms with Crippen LogP contribution < -0.4 is 0 Å². The van der Waals surface area contributed by atoms with Gasteiger partial charge in [0.15, 0.2) is 0 Å². The second kappa shape index (κ2) is 8.23. The fourth-order valence-electron chi connectivity index (χ4n) is 3.16. The highest BCUT2D eigenvalue weighted by Gasteiger charge is 2.35. The highest BCUT2D eigenvalue weighted by Crippen LogP contribution is 2.20. The molecule has 0 spiro atoms. The Morgan fingerprint density at radius 1 is 0.962 bits per heavy atom. The normalized spacial score (nSPS) is 14.8. The van der Waals surface area contributed by atoms with Crippen LogP contribution in [0.2, 0.25) is 0 Å². The van der Waals surface area contributed by atoms with E-state index in [9.17, 15) is 9.59 Å². The van der Waals surface area contributed by atoms with Crippen molar-refractivity contribution in [1.82, 2.24) is 9.80 Å². The van der Waals surface area contributed by atoms with E-state index >= 15 is 0 Å². The van der Waals surface area contributed by atoms with Crippen molar-refractivity contribution in [3.8, 4) is 0 Å². The molecule has 0 unspecified atom stereocenters. The van der Waals surface area contributed by atoms with E-state index in [2.05, 4.69) is 4.79 Å². The fourth-order valence-corrected chi connectivity index (χ4v) is 3.16. The standard InChI is InChI=1S/C20H20N4O2/c21-22-11-19(25)18-14-23(12-16-7-3-1-4-8-16)20(26)24(15-18)13-17-9-5-2-6-10-17/h1-11,18H,12-15H2. The molecule has 1 aliphatic rings. The smallest absolute Gasteiger partial charge is 0.323 e. The number of carbonyl (C=O) groups is 2. The minimum Gasteiger partial charge on any atom is -0.361 e. The summed E-state index contributed by atoms with van der Waals surface area (Å²) in [5.74, 6) is -0.702. The van der Waals surface area contributed by atoms with Crippen molar-refractivity contribution >= 4 is 18.0 Å². The zero-order valence-corrected chi connectivity index (χ0v) is 14.4. The number of rotatable bonds is 6. The molecule has 0 radical (unpaired) electrons. The summed E-state index contributed by atoms with van der Waals surface area (Å²) < 4.78 is 0. The van der Waals surface area contributed by atoms with Crippen LogP contribution in [0.3, 0.4) is 0 Å². The molecule has 26 heavy (non-hydrogen) atoms. The maximum absolute atomic E-state index is 12.9. The molecule has 0 N–H and O–H groups in total. The first-order valence-corrected chi connectivity index (χ1v) is 8.50. The summed E-state index contributed by atoms with van der Waals surface area (Å²) in [6.07, 6.45) is 0.919. The number of carbonyl (C=O) groups excluding carboxylic acids is 2. The Labute approximate surface area is 152 Å². The van der Waals surface area contributed by atoms with Gasteiger partial charge in [0.1, 0.15) is 0 Å². The molecule has 2 aromatic rings. The predicted octanol–water partition coefficient (Wildman–Crippen LogP) is 2.61. The van der Waals surface area contributed by atoms with Crippen molar-refractivity contribution < 1.29 is 14.4 Å². The number of nitrogens with zero attached hydrogens (tertiary/aromatic N) is 4. The minimum absolute atomic E-state index is 0.0947. The highest BCUT2D eigenvalue weighted by atomic mass is 16.2. The molecule has 0 atom stereocenters. The van der Waals surface area contributed by atoms with Crippen LogP contribution in [0.15, 0.2) is 60.7 Å². The van der Waals surface area contributed by atoms with Gasteiger partial charge in [-0.25, -0.2) is 4.79 Å². The van der Waals surface area contributed by atoms with Gasteiger partial charge in [0.2, 0.25) is 5.78 Å². The lowest BCUT2D eigenvalue weighted by molar-refractivity contribution is -0.121. The summed E-state index contributed by atoms with van der Waals surface area (Å²) in [5.41, 5.74) is 10.7. The molecular weight excluding hydrogens is 328 g/mol. The Morgan fingerprint density at radius 2 is 1.42 bits per heavy atom. The van der Waals surface area contributed by atoms with Crippen molar-refractivity contribution in [3.05, 3.63) is 77.3 Å². The first-order chi connectivity index (χ1) is 12.7. The lowest BCUT2D eigenvalue weighted by Crippen LogP contribution is -2.54. The van der Waals surface area contributed by atoms with E-state index in [1.165, 1.54) is 0 Å². The molecule has 2 aromatic carbocycles. The SMILES string of the molecule is [N-]=[N+]=CC(=O)C1CN(Cc2ccccc2)C(=O)N(Cc2ccccc2)C1. The molecular formula is C20H20N4O2. The molecule has 1 heterocycles. The van der Waals surface area contributed by atoms with Crippen molar-refractivity contribution in [2.75, 3.05) is 13.1 Å². The average Bonchev–Trinajstić information content (AvgIpc) is 2.66. The summed E-state index contributed by atoms with van der Waals surface area (Å²) in [4.78, 5) is 31.3. The van der Waals surface area contributed by atoms with Crippen molar-refractivity contribution in [3.63, 3.8) is 0 Å². The number of benzene rings is 2. The number of hydrogen-bond donors (Lipinski definition) is 0. The van der Waals surface area contributed by atoms with Gasteiger partial charge < -0.3 is 15.3 Å². The molecule has 3 rings (SSSR count). The van der Waals surface area contributed by atoms with Gasteiger partial charge >= 0.3 is 12.2 Å². The van der Waals surface area contributed by atoms with E-state index in [1.54, 1.807) is 9.80 Å². The van der Waals surface area contributed by atoms with Crippen molar-refractivity contribution in [2.45, 2.75) is 13.1 Å². The fraction of sp³-hybridized carbons (Fsp3) is 0.250. The van der Waals surface area contributed by atoms with Gasteiger partial charge in [0.05, 0.1) is 5.92 Å². The molecule has 0 bridgehead atoms. The van der Waals surface area contributed by atoms with Gasteiger partial charge in [-0.1, -0.05) is 60.7 Å². The first-order valence-electron chi connectivity index (χ1n) is 8.50. The molecule has 6 heteroatoms. The van der Waals surface area contributed by atoms with E-state index in [4.69, 9.17) is 5.53 Å². The third kappa shape index (κ3) is 4.23. The number of Topliss-reactive ketones (excluding diaryl/α,β-unsaturated/α-hetero) is 1. The van der Waals surface area contributed by atoms with E-state index in [1.807, 2.05) is 60.7 Å². The van der Waals surface area contributed by atoms with Crippen LogP contribution in [0.25, 0.3) is 5.53 Å². The molecule has 0 aliphatic carbocycles. The molecule has 1 saturated heterocycles. The Bertz CT molecular complexity index is 763. The second-order valence-electron chi connectivity index (χ2n) is 6.36. The molecule has 6 nitrogen and oxygen atoms in total. The van der Waals surface area contributed by atoms with Crippen LogP contribution in [-0.2, 0) is 17.9 Å². The number of ketones is 1. The van der Waals surface area contributed by atoms with Crippen molar-refractivity contribution in [1.29, 1.82) is 0 Å². The lowest BCUT2D eigenvalue weighted by Gasteiger charge is -2.39. The summed E-state index contributed by atoms with van der Waals surface area (Å²) in [6.45, 7) is 1.49. The first kappa shape index (κ1) is 17.6. The Kier molecular flexibility index (Phi) is 5.56. The van der Waals surface area contributed by atoms with Crippen molar-refractivity contribution in [2.24, 2.45) is 5.92 Å². The summed E-state index contributed by atoms with van der Waals surface area (Å²) in [7, 11) is 0.